The van der Waals surface area contributed by atoms with Gasteiger partial charge >= 0.3 is 0 Å². The summed E-state index contributed by atoms with van der Waals surface area (Å²) in [5.41, 5.74) is 4.66. The molecule has 0 bridgehead atoms. The molecule has 0 aliphatic heterocycles. The molecule has 0 saturated carbocycles. The molecule has 2 rings (SSSR count). The van der Waals surface area contributed by atoms with Crippen LogP contribution in [0.4, 0.5) is 0 Å². The molecule has 21 heavy (non-hydrogen) atoms. The second-order valence-corrected chi connectivity index (χ2v) is 6.34. The van der Waals surface area contributed by atoms with Crippen LogP contribution in [0.1, 0.15) is 28.3 Å². The van der Waals surface area contributed by atoms with E-state index in [1.54, 1.807) is 7.11 Å². The smallest absolute Gasteiger partial charge is 0.133 e. The van der Waals surface area contributed by atoms with Crippen LogP contribution in [0.15, 0.2) is 34.8 Å². The third kappa shape index (κ3) is 3.42. The van der Waals surface area contributed by atoms with E-state index >= 15 is 0 Å². The van der Waals surface area contributed by atoms with Gasteiger partial charge in [-0.05, 0) is 77.3 Å². The second-order valence-electron chi connectivity index (χ2n) is 5.07. The van der Waals surface area contributed by atoms with Gasteiger partial charge in [0.15, 0.2) is 0 Å². The van der Waals surface area contributed by atoms with Crippen LogP contribution in [0.5, 0.6) is 5.75 Å². The molecule has 0 spiro atoms. The van der Waals surface area contributed by atoms with Crippen LogP contribution in [0.3, 0.4) is 0 Å². The number of ether oxygens (including phenoxy) is 1. The number of hydrogen-bond donors (Lipinski definition) is 1. The van der Waals surface area contributed by atoms with E-state index in [-0.39, 0.29) is 6.04 Å². The van der Waals surface area contributed by atoms with Crippen molar-refractivity contribution in [3.8, 4) is 5.75 Å². The van der Waals surface area contributed by atoms with E-state index in [2.05, 4.69) is 53.3 Å². The third-order valence-corrected chi connectivity index (χ3v) is 4.67. The lowest BCUT2D eigenvalue weighted by atomic mass is 9.95. The van der Waals surface area contributed by atoms with Crippen LogP contribution < -0.4 is 10.1 Å². The average molecular weight is 369 g/mol. The Morgan fingerprint density at radius 2 is 1.81 bits per heavy atom. The third-order valence-electron chi connectivity index (χ3n) is 3.72. The molecule has 112 valence electrons. The van der Waals surface area contributed by atoms with Gasteiger partial charge in [0.1, 0.15) is 5.75 Å². The van der Waals surface area contributed by atoms with Gasteiger partial charge in [0, 0.05) is 5.02 Å². The van der Waals surface area contributed by atoms with Gasteiger partial charge in [-0.2, -0.15) is 0 Å². The van der Waals surface area contributed by atoms with Crippen molar-refractivity contribution in [2.24, 2.45) is 0 Å². The van der Waals surface area contributed by atoms with Gasteiger partial charge < -0.3 is 10.1 Å². The predicted octanol–water partition coefficient (Wildman–Crippen LogP) is 5.04. The topological polar surface area (TPSA) is 21.3 Å². The molecule has 1 unspecified atom stereocenters. The van der Waals surface area contributed by atoms with Crippen molar-refractivity contribution in [3.63, 3.8) is 0 Å². The first-order valence-corrected chi connectivity index (χ1v) is 7.92. The maximum atomic E-state index is 6.45. The molecule has 4 heteroatoms. The monoisotopic (exact) mass is 367 g/mol. The van der Waals surface area contributed by atoms with Crippen molar-refractivity contribution in [2.75, 3.05) is 14.2 Å². The van der Waals surface area contributed by atoms with Crippen molar-refractivity contribution < 1.29 is 4.74 Å². The molecule has 0 saturated heterocycles. The molecule has 0 aromatic heterocycles. The fraction of sp³-hybridized carbons (Fsp3) is 0.294. The fourth-order valence-electron chi connectivity index (χ4n) is 2.39. The summed E-state index contributed by atoms with van der Waals surface area (Å²) >= 11 is 9.98. The van der Waals surface area contributed by atoms with E-state index in [4.69, 9.17) is 16.3 Å². The summed E-state index contributed by atoms with van der Waals surface area (Å²) in [5.74, 6) is 0.819. The molecule has 0 fully saturated rings. The van der Waals surface area contributed by atoms with Crippen molar-refractivity contribution in [2.45, 2.75) is 19.9 Å². The normalized spacial score (nSPS) is 12.3. The highest BCUT2D eigenvalue weighted by atomic mass is 79.9. The van der Waals surface area contributed by atoms with Gasteiger partial charge in [0.05, 0.1) is 17.6 Å². The van der Waals surface area contributed by atoms with Crippen molar-refractivity contribution in [3.05, 3.63) is 62.1 Å². The summed E-state index contributed by atoms with van der Waals surface area (Å²) in [5, 5.41) is 4.12. The van der Waals surface area contributed by atoms with E-state index in [9.17, 15) is 0 Å². The van der Waals surface area contributed by atoms with Gasteiger partial charge in [-0.1, -0.05) is 23.7 Å². The maximum absolute atomic E-state index is 6.45. The Kier molecular flexibility index (Phi) is 5.31. The molecule has 0 aliphatic carbocycles. The first-order chi connectivity index (χ1) is 9.97. The summed E-state index contributed by atoms with van der Waals surface area (Å²) in [6.45, 7) is 4.18. The maximum Gasteiger partial charge on any atom is 0.133 e. The van der Waals surface area contributed by atoms with Crippen LogP contribution in [-0.2, 0) is 0 Å². The molecule has 1 N–H and O–H groups in total. The largest absolute Gasteiger partial charge is 0.496 e. The highest BCUT2D eigenvalue weighted by Gasteiger charge is 2.17. The van der Waals surface area contributed by atoms with E-state index in [0.29, 0.717) is 0 Å². The van der Waals surface area contributed by atoms with Gasteiger partial charge in [0.2, 0.25) is 0 Å². The van der Waals surface area contributed by atoms with Crippen molar-refractivity contribution in [1.29, 1.82) is 0 Å². The first kappa shape index (κ1) is 16.3. The molecule has 2 nitrogen and oxygen atoms in total. The summed E-state index contributed by atoms with van der Waals surface area (Å²) in [4.78, 5) is 0. The zero-order valence-electron chi connectivity index (χ0n) is 12.6. The molecule has 0 aliphatic rings. The van der Waals surface area contributed by atoms with Crippen LogP contribution in [0.25, 0.3) is 0 Å². The minimum Gasteiger partial charge on any atom is -0.496 e. The summed E-state index contributed by atoms with van der Waals surface area (Å²) in [6.07, 6.45) is 0. The quantitative estimate of drug-likeness (QED) is 0.816. The van der Waals surface area contributed by atoms with E-state index in [1.807, 2.05) is 19.2 Å². The van der Waals surface area contributed by atoms with Gasteiger partial charge in [-0.25, -0.2) is 0 Å². The van der Waals surface area contributed by atoms with Gasteiger partial charge in [0.25, 0.3) is 0 Å². The Labute approximate surface area is 139 Å². The SMILES string of the molecule is CNC(c1ccc(OC)c(Br)c1)c1cc(C)c(C)cc1Cl. The van der Waals surface area contributed by atoms with Gasteiger partial charge in [-0.3, -0.25) is 0 Å². The number of halogens is 2. The predicted molar refractivity (Wildman–Crippen MR) is 92.5 cm³/mol. The highest BCUT2D eigenvalue weighted by Crippen LogP contribution is 2.34. The van der Waals surface area contributed by atoms with Crippen LogP contribution >= 0.6 is 27.5 Å². The van der Waals surface area contributed by atoms with Crippen molar-refractivity contribution in [1.82, 2.24) is 5.32 Å². The second kappa shape index (κ2) is 6.82. The zero-order valence-corrected chi connectivity index (χ0v) is 15.0. The Morgan fingerprint density at radius 3 is 2.38 bits per heavy atom. The number of aryl methyl sites for hydroxylation is 2. The Morgan fingerprint density at radius 1 is 1.14 bits per heavy atom. The zero-order chi connectivity index (χ0) is 15.6. The number of hydrogen-bond acceptors (Lipinski definition) is 2. The fourth-order valence-corrected chi connectivity index (χ4v) is 3.27. The van der Waals surface area contributed by atoms with Crippen molar-refractivity contribution >= 4 is 27.5 Å². The Balaban J connectivity index is 2.49. The number of rotatable bonds is 4. The lowest BCUT2D eigenvalue weighted by Gasteiger charge is -2.21. The number of nitrogens with one attached hydrogen (secondary N) is 1. The lowest BCUT2D eigenvalue weighted by molar-refractivity contribution is 0.412. The molecule has 2 aromatic rings. The minimum absolute atomic E-state index is 0.0407. The highest BCUT2D eigenvalue weighted by molar-refractivity contribution is 9.10. The molecular weight excluding hydrogens is 350 g/mol. The Hall–Kier alpha value is -1.03. The molecular formula is C17H19BrClNO. The summed E-state index contributed by atoms with van der Waals surface area (Å²) in [6, 6.07) is 10.3. The average Bonchev–Trinajstić information content (AvgIpc) is 2.45. The van der Waals surface area contributed by atoms with E-state index in [0.717, 1.165) is 26.4 Å². The molecule has 0 radical (unpaired) electrons. The van der Waals surface area contributed by atoms with Crippen LogP contribution in [-0.4, -0.2) is 14.2 Å². The Bertz CT molecular complexity index is 657. The summed E-state index contributed by atoms with van der Waals surface area (Å²) < 4.78 is 6.22. The molecule has 0 amide bonds. The number of methoxy groups -OCH3 is 1. The van der Waals surface area contributed by atoms with Gasteiger partial charge in [-0.15, -0.1) is 0 Å². The summed E-state index contributed by atoms with van der Waals surface area (Å²) in [7, 11) is 3.60. The standard InChI is InChI=1S/C17H19BrClNO/c1-10-7-13(15(19)8-11(10)2)17(20-3)12-5-6-16(21-4)14(18)9-12/h5-9,17,20H,1-4H3. The van der Waals surface area contributed by atoms with E-state index in [1.165, 1.54) is 11.1 Å². The lowest BCUT2D eigenvalue weighted by Crippen LogP contribution is -2.18. The molecule has 0 heterocycles. The first-order valence-electron chi connectivity index (χ1n) is 6.75. The number of benzene rings is 2. The molecule has 2 aromatic carbocycles. The minimum atomic E-state index is 0.0407. The molecule has 1 atom stereocenters. The van der Waals surface area contributed by atoms with E-state index < -0.39 is 0 Å². The van der Waals surface area contributed by atoms with Crippen LogP contribution in [0, 0.1) is 13.8 Å². The van der Waals surface area contributed by atoms with Crippen LogP contribution in [0.2, 0.25) is 5.02 Å².